The van der Waals surface area contributed by atoms with Crippen molar-refractivity contribution in [1.82, 2.24) is 14.9 Å². The van der Waals surface area contributed by atoms with Gasteiger partial charge in [-0.2, -0.15) is 4.98 Å². The molecule has 1 aliphatic heterocycles. The van der Waals surface area contributed by atoms with E-state index in [0.29, 0.717) is 23.7 Å². The summed E-state index contributed by atoms with van der Waals surface area (Å²) in [6.07, 6.45) is 6.03. The van der Waals surface area contributed by atoms with Crippen molar-refractivity contribution >= 4 is 23.2 Å². The fraction of sp³-hybridized carbons (Fsp3) is 0.256. The van der Waals surface area contributed by atoms with Gasteiger partial charge >= 0.3 is 0 Å². The molecule has 0 bridgehead atoms. The van der Waals surface area contributed by atoms with Gasteiger partial charge in [0.25, 0.3) is 5.91 Å². The molecule has 48 heavy (non-hydrogen) atoms. The second kappa shape index (κ2) is 15.5. The number of halogens is 1. The quantitative estimate of drug-likeness (QED) is 0.131. The molecule has 1 fully saturated rings. The molecule has 246 valence electrons. The van der Waals surface area contributed by atoms with Crippen LogP contribution in [0.1, 0.15) is 47.2 Å². The number of aromatic nitrogens is 2. The smallest absolute Gasteiger partial charge is 0.262 e. The normalized spacial score (nSPS) is 13.1. The molecule has 0 saturated carbocycles. The molecule has 6 rings (SSSR count). The first-order valence-corrected chi connectivity index (χ1v) is 16.4. The van der Waals surface area contributed by atoms with Gasteiger partial charge in [-0.25, -0.2) is 9.37 Å². The van der Waals surface area contributed by atoms with Crippen molar-refractivity contribution in [2.24, 2.45) is 0 Å². The lowest BCUT2D eigenvalue weighted by Crippen LogP contribution is -2.31. The van der Waals surface area contributed by atoms with E-state index < -0.39 is 11.7 Å². The number of anilines is 3. The first kappa shape index (κ1) is 32.7. The monoisotopic (exact) mass is 645 g/mol. The topological polar surface area (TPSA) is 88.6 Å². The van der Waals surface area contributed by atoms with Crippen molar-refractivity contribution in [2.75, 3.05) is 36.9 Å². The van der Waals surface area contributed by atoms with Crippen LogP contribution in [0.2, 0.25) is 0 Å². The number of aryl methyl sites for hydroxylation is 2. The lowest BCUT2D eigenvalue weighted by Gasteiger charge is -2.26. The van der Waals surface area contributed by atoms with Gasteiger partial charge in [0.05, 0.1) is 6.61 Å². The minimum absolute atomic E-state index is 0.0515. The molecule has 1 aliphatic rings. The fourth-order valence-corrected chi connectivity index (χ4v) is 5.81. The number of likely N-dealkylation sites (tertiary alicyclic amines) is 1. The number of piperidine rings is 1. The Kier molecular flexibility index (Phi) is 10.6. The van der Waals surface area contributed by atoms with Crippen LogP contribution < -0.4 is 20.1 Å². The molecule has 5 aromatic rings. The average Bonchev–Trinajstić information content (AvgIpc) is 3.10. The van der Waals surface area contributed by atoms with Gasteiger partial charge in [-0.05, 0) is 92.7 Å². The number of ether oxygens (including phenoxy) is 2. The van der Waals surface area contributed by atoms with E-state index in [0.717, 1.165) is 48.3 Å². The Bertz CT molecular complexity index is 1840. The van der Waals surface area contributed by atoms with E-state index in [-0.39, 0.29) is 23.1 Å². The summed E-state index contributed by atoms with van der Waals surface area (Å²) in [5.74, 6) is -0.0216. The number of hydrogen-bond donors (Lipinski definition) is 2. The Hall–Kier alpha value is -5.28. The van der Waals surface area contributed by atoms with E-state index in [4.69, 9.17) is 9.47 Å². The highest BCUT2D eigenvalue weighted by Crippen LogP contribution is 2.31. The maximum Gasteiger partial charge on any atom is 0.262 e. The minimum Gasteiger partial charge on any atom is -0.490 e. The predicted molar refractivity (Wildman–Crippen MR) is 188 cm³/mol. The van der Waals surface area contributed by atoms with E-state index in [2.05, 4.69) is 25.5 Å². The molecule has 1 aromatic heterocycles. The number of carbonyl (C=O) groups excluding carboxylic acids is 1. The number of nitrogens with zero attached hydrogens (tertiary/aromatic N) is 3. The summed E-state index contributed by atoms with van der Waals surface area (Å²) >= 11 is 0. The first-order chi connectivity index (χ1) is 23.4. The highest BCUT2D eigenvalue weighted by Gasteiger charge is 2.20. The van der Waals surface area contributed by atoms with Crippen molar-refractivity contribution < 1.29 is 18.7 Å². The zero-order chi connectivity index (χ0) is 33.3. The lowest BCUT2D eigenvalue weighted by atomic mass is 10.1. The first-order valence-electron chi connectivity index (χ1n) is 16.4. The van der Waals surface area contributed by atoms with Crippen molar-refractivity contribution in [1.29, 1.82) is 0 Å². The molecule has 2 heterocycles. The largest absolute Gasteiger partial charge is 0.490 e. The number of nitrogens with one attached hydrogen (secondary N) is 2. The second-order valence-corrected chi connectivity index (χ2v) is 12.0. The maximum atomic E-state index is 15.0. The molecule has 2 N–H and O–H groups in total. The summed E-state index contributed by atoms with van der Waals surface area (Å²) in [5, 5.41) is 6.04. The van der Waals surface area contributed by atoms with Gasteiger partial charge in [-0.15, -0.1) is 0 Å². The van der Waals surface area contributed by atoms with Gasteiger partial charge in [0.1, 0.15) is 11.3 Å². The zero-order valence-electron chi connectivity index (χ0n) is 27.3. The number of benzene rings is 4. The van der Waals surface area contributed by atoms with Crippen LogP contribution in [0.25, 0.3) is 11.1 Å². The van der Waals surface area contributed by atoms with Crippen LogP contribution in [0.3, 0.4) is 0 Å². The van der Waals surface area contributed by atoms with Crippen molar-refractivity contribution in [3.05, 3.63) is 120 Å². The molecular weight excluding hydrogens is 605 g/mol. The van der Waals surface area contributed by atoms with Crippen LogP contribution >= 0.6 is 0 Å². The molecule has 9 heteroatoms. The number of rotatable bonds is 12. The Morgan fingerprint density at radius 1 is 0.875 bits per heavy atom. The molecule has 0 atom stereocenters. The molecule has 0 unspecified atom stereocenters. The van der Waals surface area contributed by atoms with Gasteiger partial charge in [0, 0.05) is 30.2 Å². The van der Waals surface area contributed by atoms with Gasteiger partial charge in [-0.1, -0.05) is 67.1 Å². The van der Waals surface area contributed by atoms with Gasteiger partial charge in [0.2, 0.25) is 11.8 Å². The summed E-state index contributed by atoms with van der Waals surface area (Å²) in [6, 6.07) is 27.9. The highest BCUT2D eigenvalue weighted by atomic mass is 19.1. The summed E-state index contributed by atoms with van der Waals surface area (Å²) in [6.45, 7) is 7.52. The molecule has 0 radical (unpaired) electrons. The second-order valence-electron chi connectivity index (χ2n) is 12.0. The van der Waals surface area contributed by atoms with Crippen molar-refractivity contribution in [3.63, 3.8) is 0 Å². The van der Waals surface area contributed by atoms with Gasteiger partial charge < -0.3 is 25.0 Å². The summed E-state index contributed by atoms with van der Waals surface area (Å²) in [4.78, 5) is 25.0. The summed E-state index contributed by atoms with van der Waals surface area (Å²) in [7, 11) is 0. The third kappa shape index (κ3) is 8.35. The van der Waals surface area contributed by atoms with Crippen LogP contribution in [0.4, 0.5) is 21.7 Å². The fourth-order valence-electron chi connectivity index (χ4n) is 5.81. The summed E-state index contributed by atoms with van der Waals surface area (Å²) in [5.41, 5.74) is 5.12. The standard InChI is InChI=1S/C39H40FN5O3/c1-27-12-9-13-28(2)36(27)43-37(46)33-26-41-39(44-38(33)48-32-17-10-16-30(24-32)29-14-5-3-6-15-29)42-31-18-19-35(34(40)25-31)47-23-11-22-45-20-7-4-8-21-45/h3,5-6,9-10,12-19,24-26H,4,7-8,11,20-23H2,1-2H3,(H,43,46)(H,41,42,44). The van der Waals surface area contributed by atoms with Gasteiger partial charge in [0.15, 0.2) is 11.6 Å². The van der Waals surface area contributed by atoms with Crippen LogP contribution in [0.15, 0.2) is 97.2 Å². The molecule has 4 aromatic carbocycles. The van der Waals surface area contributed by atoms with Crippen LogP contribution in [-0.4, -0.2) is 47.0 Å². The molecule has 8 nitrogen and oxygen atoms in total. The Morgan fingerprint density at radius 2 is 1.62 bits per heavy atom. The molecule has 0 aliphatic carbocycles. The Balaban J connectivity index is 1.20. The van der Waals surface area contributed by atoms with E-state index >= 15 is 4.39 Å². The van der Waals surface area contributed by atoms with Crippen LogP contribution in [0, 0.1) is 19.7 Å². The minimum atomic E-state index is -0.489. The third-order valence-electron chi connectivity index (χ3n) is 8.39. The lowest BCUT2D eigenvalue weighted by molar-refractivity contribution is 0.102. The molecule has 1 saturated heterocycles. The highest BCUT2D eigenvalue weighted by molar-refractivity contribution is 6.06. The van der Waals surface area contributed by atoms with E-state index in [1.165, 1.54) is 31.5 Å². The Morgan fingerprint density at radius 3 is 2.40 bits per heavy atom. The number of carbonyl (C=O) groups is 1. The van der Waals surface area contributed by atoms with Crippen molar-refractivity contribution in [3.8, 4) is 28.5 Å². The number of hydrogen-bond acceptors (Lipinski definition) is 7. The predicted octanol–water partition coefficient (Wildman–Crippen LogP) is 8.94. The van der Waals surface area contributed by atoms with Crippen molar-refractivity contribution in [2.45, 2.75) is 39.5 Å². The SMILES string of the molecule is Cc1cccc(C)c1NC(=O)c1cnc(Nc2ccc(OCCCN3CCCCC3)c(F)c2)nc1Oc1cccc(-c2ccccc2)c1. The molecular formula is C39H40FN5O3. The van der Waals surface area contributed by atoms with Crippen LogP contribution in [0.5, 0.6) is 17.4 Å². The van der Waals surface area contributed by atoms with E-state index in [1.807, 2.05) is 80.6 Å². The Labute approximate surface area is 281 Å². The molecule has 0 spiro atoms. The maximum absolute atomic E-state index is 15.0. The number of amides is 1. The zero-order valence-corrected chi connectivity index (χ0v) is 27.3. The van der Waals surface area contributed by atoms with E-state index in [9.17, 15) is 4.79 Å². The van der Waals surface area contributed by atoms with Gasteiger partial charge in [-0.3, -0.25) is 4.79 Å². The number of para-hydroxylation sites is 1. The average molecular weight is 646 g/mol. The summed E-state index contributed by atoms with van der Waals surface area (Å²) < 4.78 is 27.0. The van der Waals surface area contributed by atoms with Crippen LogP contribution in [-0.2, 0) is 0 Å². The molecule has 1 amide bonds. The van der Waals surface area contributed by atoms with E-state index in [1.54, 1.807) is 18.2 Å². The third-order valence-corrected chi connectivity index (χ3v) is 8.39.